The number of anilines is 1. The number of thiazole rings is 1. The first kappa shape index (κ1) is 11.8. The van der Waals surface area contributed by atoms with Gasteiger partial charge in [-0.3, -0.25) is 0 Å². The molecule has 0 aliphatic carbocycles. The smallest absolute Gasteiger partial charge is 0.183 e. The molecule has 2 nitrogen and oxygen atoms in total. The molecule has 0 radical (unpaired) electrons. The van der Waals surface area contributed by atoms with Crippen molar-refractivity contribution in [1.29, 1.82) is 0 Å². The molecule has 1 aromatic carbocycles. The van der Waals surface area contributed by atoms with Crippen LogP contribution in [-0.4, -0.2) is 4.98 Å². The van der Waals surface area contributed by atoms with Gasteiger partial charge in [-0.15, -0.1) is 23.1 Å². The maximum Gasteiger partial charge on any atom is 0.183 e. The zero-order valence-corrected chi connectivity index (χ0v) is 11.1. The number of nitrogens with two attached hydrogens (primary N) is 1. The van der Waals surface area contributed by atoms with Gasteiger partial charge in [-0.05, 0) is 24.6 Å². The molecule has 0 fully saturated rings. The van der Waals surface area contributed by atoms with Crippen LogP contribution in [0.15, 0.2) is 29.3 Å². The van der Waals surface area contributed by atoms with Crippen LogP contribution in [0.1, 0.15) is 10.4 Å². The molecule has 0 amide bonds. The molecule has 2 aromatic rings. The van der Waals surface area contributed by atoms with Gasteiger partial charge in [-0.1, -0.05) is 17.7 Å². The minimum atomic E-state index is 0.597. The van der Waals surface area contributed by atoms with Crippen molar-refractivity contribution in [3.8, 4) is 0 Å². The first-order valence-electron chi connectivity index (χ1n) is 4.74. The van der Waals surface area contributed by atoms with Crippen LogP contribution in [-0.2, 0) is 5.75 Å². The van der Waals surface area contributed by atoms with Gasteiger partial charge in [0.25, 0.3) is 0 Å². The Morgan fingerprint density at radius 1 is 1.50 bits per heavy atom. The molecule has 0 saturated carbocycles. The van der Waals surface area contributed by atoms with Crippen molar-refractivity contribution < 1.29 is 0 Å². The Balaban J connectivity index is 2.07. The molecule has 2 rings (SSSR count). The molecule has 0 saturated heterocycles. The van der Waals surface area contributed by atoms with E-state index in [2.05, 4.69) is 11.9 Å². The van der Waals surface area contributed by atoms with E-state index in [1.165, 1.54) is 26.7 Å². The fraction of sp³-hybridized carbons (Fsp3) is 0.182. The second kappa shape index (κ2) is 5.08. The molecule has 0 aliphatic heterocycles. The summed E-state index contributed by atoms with van der Waals surface area (Å²) in [7, 11) is 0. The van der Waals surface area contributed by atoms with E-state index >= 15 is 0 Å². The van der Waals surface area contributed by atoms with Crippen LogP contribution >= 0.6 is 34.7 Å². The summed E-state index contributed by atoms with van der Waals surface area (Å²) in [5.74, 6) is 0.884. The number of hydrogen-bond acceptors (Lipinski definition) is 4. The van der Waals surface area contributed by atoms with Gasteiger partial charge in [-0.2, -0.15) is 0 Å². The third-order valence-electron chi connectivity index (χ3n) is 2.11. The second-order valence-corrected chi connectivity index (χ2v) is 6.11. The number of thioether (sulfide) groups is 1. The summed E-state index contributed by atoms with van der Waals surface area (Å²) in [5, 5.41) is 0. The van der Waals surface area contributed by atoms with E-state index in [0.29, 0.717) is 4.47 Å². The largest absolute Gasteiger partial charge is 0.399 e. The van der Waals surface area contributed by atoms with Gasteiger partial charge in [0.1, 0.15) is 0 Å². The molecule has 1 aromatic heterocycles. The van der Waals surface area contributed by atoms with E-state index in [0.717, 1.165) is 11.4 Å². The molecule has 0 bridgehead atoms. The average molecular weight is 271 g/mol. The summed E-state index contributed by atoms with van der Waals surface area (Å²) in [6.07, 6.45) is 1.82. The van der Waals surface area contributed by atoms with Gasteiger partial charge < -0.3 is 5.73 Å². The van der Waals surface area contributed by atoms with Crippen LogP contribution < -0.4 is 5.73 Å². The van der Waals surface area contributed by atoms with Gasteiger partial charge >= 0.3 is 0 Å². The predicted octanol–water partition coefficient (Wildman–Crippen LogP) is 3.98. The maximum absolute atomic E-state index is 5.78. The van der Waals surface area contributed by atoms with Crippen LogP contribution in [0.2, 0.25) is 4.47 Å². The summed E-state index contributed by atoms with van der Waals surface area (Å²) in [6.45, 7) is 2.08. The van der Waals surface area contributed by atoms with Gasteiger partial charge in [-0.25, -0.2) is 4.98 Å². The quantitative estimate of drug-likeness (QED) is 0.677. The van der Waals surface area contributed by atoms with Crippen LogP contribution in [0.3, 0.4) is 0 Å². The number of aromatic nitrogens is 1. The maximum atomic E-state index is 5.78. The zero-order chi connectivity index (χ0) is 11.5. The molecule has 84 valence electrons. The Hall–Kier alpha value is -0.710. The summed E-state index contributed by atoms with van der Waals surface area (Å²) in [4.78, 5) is 6.40. The zero-order valence-electron chi connectivity index (χ0n) is 8.74. The van der Waals surface area contributed by atoms with Crippen LogP contribution in [0.5, 0.6) is 0 Å². The third kappa shape index (κ3) is 2.90. The number of hydrogen-bond donors (Lipinski definition) is 1. The van der Waals surface area contributed by atoms with Crippen LogP contribution in [0, 0.1) is 6.92 Å². The lowest BCUT2D eigenvalue weighted by molar-refractivity contribution is 1.29. The highest BCUT2D eigenvalue weighted by atomic mass is 35.5. The van der Waals surface area contributed by atoms with Crippen molar-refractivity contribution >= 4 is 40.4 Å². The topological polar surface area (TPSA) is 38.9 Å². The highest BCUT2D eigenvalue weighted by Gasteiger charge is 2.03. The fourth-order valence-electron chi connectivity index (χ4n) is 1.27. The number of nitrogen functional groups attached to an aromatic ring is 1. The van der Waals surface area contributed by atoms with Crippen molar-refractivity contribution in [3.63, 3.8) is 0 Å². The lowest BCUT2D eigenvalue weighted by atomic mass is 10.2. The van der Waals surface area contributed by atoms with E-state index in [1.807, 2.05) is 24.4 Å². The number of benzene rings is 1. The highest BCUT2D eigenvalue weighted by molar-refractivity contribution is 7.98. The molecule has 2 N–H and O–H groups in total. The van der Waals surface area contributed by atoms with E-state index in [4.69, 9.17) is 17.3 Å². The number of rotatable bonds is 3. The van der Waals surface area contributed by atoms with Crippen molar-refractivity contribution in [2.24, 2.45) is 0 Å². The summed E-state index contributed by atoms with van der Waals surface area (Å²) in [6, 6.07) is 5.96. The molecular weight excluding hydrogens is 260 g/mol. The van der Waals surface area contributed by atoms with Crippen molar-refractivity contribution in [3.05, 3.63) is 39.3 Å². The fourth-order valence-corrected chi connectivity index (χ4v) is 3.34. The van der Waals surface area contributed by atoms with E-state index in [1.54, 1.807) is 11.8 Å². The lowest BCUT2D eigenvalue weighted by Gasteiger charge is -2.05. The molecule has 0 atom stereocenters. The monoisotopic (exact) mass is 270 g/mol. The Kier molecular flexibility index (Phi) is 3.74. The predicted molar refractivity (Wildman–Crippen MR) is 72.3 cm³/mol. The van der Waals surface area contributed by atoms with Crippen molar-refractivity contribution in [2.45, 2.75) is 17.6 Å². The summed E-state index contributed by atoms with van der Waals surface area (Å²) < 4.78 is 0.597. The van der Waals surface area contributed by atoms with Gasteiger partial charge in [0, 0.05) is 27.4 Å². The first-order chi connectivity index (χ1) is 7.65. The molecule has 5 heteroatoms. The summed E-state index contributed by atoms with van der Waals surface area (Å²) >= 11 is 9.06. The summed E-state index contributed by atoms with van der Waals surface area (Å²) in [5.41, 5.74) is 7.80. The third-order valence-corrected chi connectivity index (χ3v) is 4.61. The normalized spacial score (nSPS) is 10.6. The molecule has 16 heavy (non-hydrogen) atoms. The van der Waals surface area contributed by atoms with E-state index in [9.17, 15) is 0 Å². The minimum Gasteiger partial charge on any atom is -0.399 e. The van der Waals surface area contributed by atoms with Crippen LogP contribution in [0.4, 0.5) is 5.69 Å². The first-order valence-corrected chi connectivity index (χ1v) is 6.92. The standard InChI is InChI=1S/C11H11ClN2S2/c1-7-2-3-8(13)4-10(7)15-6-9-5-14-11(12)16-9/h2-5H,6,13H2,1H3. The molecule has 0 aliphatic rings. The SMILES string of the molecule is Cc1ccc(N)cc1SCc1cnc(Cl)s1. The minimum absolute atomic E-state index is 0.597. The second-order valence-electron chi connectivity index (χ2n) is 3.39. The van der Waals surface area contributed by atoms with Gasteiger partial charge in [0.05, 0.1) is 0 Å². The van der Waals surface area contributed by atoms with Crippen molar-refractivity contribution in [2.75, 3.05) is 5.73 Å². The number of nitrogens with zero attached hydrogens (tertiary/aromatic N) is 1. The molecule has 1 heterocycles. The lowest BCUT2D eigenvalue weighted by Crippen LogP contribution is -1.87. The van der Waals surface area contributed by atoms with E-state index < -0.39 is 0 Å². The Bertz CT molecular complexity index is 496. The number of aryl methyl sites for hydroxylation is 1. The molecular formula is C11H11ClN2S2. The Morgan fingerprint density at radius 3 is 3.00 bits per heavy atom. The molecule has 0 unspecified atom stereocenters. The van der Waals surface area contributed by atoms with Gasteiger partial charge in [0.2, 0.25) is 0 Å². The Morgan fingerprint density at radius 2 is 2.31 bits per heavy atom. The van der Waals surface area contributed by atoms with Gasteiger partial charge in [0.15, 0.2) is 4.47 Å². The van der Waals surface area contributed by atoms with Crippen molar-refractivity contribution in [1.82, 2.24) is 4.98 Å². The van der Waals surface area contributed by atoms with Crippen LogP contribution in [0.25, 0.3) is 0 Å². The average Bonchev–Trinajstić information content (AvgIpc) is 2.66. The Labute approximate surface area is 108 Å². The number of halogens is 1. The molecule has 0 spiro atoms. The highest BCUT2D eigenvalue weighted by Crippen LogP contribution is 2.30. The van der Waals surface area contributed by atoms with E-state index in [-0.39, 0.29) is 0 Å².